The number of ether oxygens (including phenoxy) is 1. The summed E-state index contributed by atoms with van der Waals surface area (Å²) in [4.78, 5) is 47.2. The van der Waals surface area contributed by atoms with Gasteiger partial charge in [0, 0.05) is 36.6 Å². The lowest BCUT2D eigenvalue weighted by atomic mass is 9.76. The first-order valence-corrected chi connectivity index (χ1v) is 13.2. The van der Waals surface area contributed by atoms with Crippen LogP contribution in [0.15, 0.2) is 47.7 Å². The van der Waals surface area contributed by atoms with Gasteiger partial charge in [-0.3, -0.25) is 14.4 Å². The first-order valence-electron chi connectivity index (χ1n) is 13.2. The van der Waals surface area contributed by atoms with E-state index >= 15 is 0 Å². The number of likely N-dealkylation sites (tertiary alicyclic amines) is 1. The molecule has 2 N–H and O–H groups in total. The fourth-order valence-electron chi connectivity index (χ4n) is 6.33. The number of carbonyl (C=O) groups excluding carboxylic acids is 3. The molecule has 38 heavy (non-hydrogen) atoms. The molecule has 2 aliphatic heterocycles. The molecule has 3 heterocycles. The molecule has 4 aliphatic rings. The highest BCUT2D eigenvalue weighted by atomic mass is 16.5. The number of fused-ring (bicyclic) bond motifs is 2. The molecule has 1 saturated heterocycles. The number of nitrogens with one attached hydrogen (secondary N) is 2. The predicted octanol–water partition coefficient (Wildman–Crippen LogP) is 3.26. The molecule has 1 spiro atoms. The smallest absolute Gasteiger partial charge is 0.270 e. The second-order valence-electron chi connectivity index (χ2n) is 10.9. The number of aromatic amines is 1. The number of methoxy groups -OCH3 is 1. The van der Waals surface area contributed by atoms with Crippen molar-refractivity contribution in [3.8, 4) is 11.8 Å². The number of carbonyl (C=O) groups is 3. The SMILES string of the molecule is COc1cccc2[nH]c(C(=O)N(C)[C@@H](CC3CC3)C(=O)N3C[C@]4(C[C@H]3C#N)C(=O)NC3=C4CCC=C3)cc12. The Kier molecular flexibility index (Phi) is 5.78. The van der Waals surface area contributed by atoms with Gasteiger partial charge >= 0.3 is 0 Å². The minimum absolute atomic E-state index is 0.139. The summed E-state index contributed by atoms with van der Waals surface area (Å²) >= 11 is 0. The fraction of sp³-hybridized carbons (Fsp3) is 0.448. The lowest BCUT2D eigenvalue weighted by Gasteiger charge is -2.32. The Morgan fingerprint density at radius 3 is 2.89 bits per heavy atom. The maximum absolute atomic E-state index is 14.1. The average molecular weight is 514 g/mol. The summed E-state index contributed by atoms with van der Waals surface area (Å²) in [5.74, 6) is 0.321. The molecule has 3 atom stereocenters. The highest BCUT2D eigenvalue weighted by Gasteiger charge is 2.57. The molecule has 1 aromatic heterocycles. The summed E-state index contributed by atoms with van der Waals surface area (Å²) in [6.45, 7) is 0.162. The van der Waals surface area contributed by atoms with Crippen LogP contribution >= 0.6 is 0 Å². The number of nitrogens with zero attached hydrogens (tertiary/aromatic N) is 3. The van der Waals surface area contributed by atoms with Crippen LogP contribution in [0.3, 0.4) is 0 Å². The maximum Gasteiger partial charge on any atom is 0.270 e. The molecule has 3 amide bonds. The van der Waals surface area contributed by atoms with Crippen molar-refractivity contribution < 1.29 is 19.1 Å². The first kappa shape index (κ1) is 24.3. The van der Waals surface area contributed by atoms with Gasteiger partial charge in [0.15, 0.2) is 0 Å². The van der Waals surface area contributed by atoms with E-state index in [0.29, 0.717) is 23.8 Å². The van der Waals surface area contributed by atoms with Gasteiger partial charge in [-0.25, -0.2) is 0 Å². The van der Waals surface area contributed by atoms with E-state index in [1.54, 1.807) is 25.1 Å². The Morgan fingerprint density at radius 2 is 2.16 bits per heavy atom. The third-order valence-corrected chi connectivity index (χ3v) is 8.62. The number of aromatic nitrogens is 1. The molecule has 0 unspecified atom stereocenters. The normalized spacial score (nSPS) is 24.9. The van der Waals surface area contributed by atoms with Crippen molar-refractivity contribution in [3.63, 3.8) is 0 Å². The van der Waals surface area contributed by atoms with Crippen LogP contribution in [0.4, 0.5) is 0 Å². The lowest BCUT2D eigenvalue weighted by Crippen LogP contribution is -2.51. The molecule has 9 heteroatoms. The molecular weight excluding hydrogens is 482 g/mol. The maximum atomic E-state index is 14.1. The summed E-state index contributed by atoms with van der Waals surface area (Å²) < 4.78 is 5.43. The van der Waals surface area contributed by atoms with Crippen molar-refractivity contribution in [3.05, 3.63) is 53.4 Å². The van der Waals surface area contributed by atoms with Crippen molar-refractivity contribution in [1.82, 2.24) is 20.1 Å². The van der Waals surface area contributed by atoms with E-state index in [-0.39, 0.29) is 30.7 Å². The van der Waals surface area contributed by atoms with Gasteiger partial charge in [0.05, 0.1) is 18.6 Å². The van der Waals surface area contributed by atoms with Gasteiger partial charge in [-0.1, -0.05) is 25.0 Å². The zero-order valence-electron chi connectivity index (χ0n) is 21.6. The summed E-state index contributed by atoms with van der Waals surface area (Å²) in [7, 11) is 3.24. The van der Waals surface area contributed by atoms with Gasteiger partial charge in [0.2, 0.25) is 11.8 Å². The van der Waals surface area contributed by atoms with Crippen molar-refractivity contribution in [2.75, 3.05) is 20.7 Å². The van der Waals surface area contributed by atoms with Gasteiger partial charge in [-0.05, 0) is 55.0 Å². The number of H-pyrrole nitrogens is 1. The minimum Gasteiger partial charge on any atom is -0.496 e. The predicted molar refractivity (Wildman–Crippen MR) is 140 cm³/mol. The van der Waals surface area contributed by atoms with Crippen LogP contribution in [0, 0.1) is 22.7 Å². The van der Waals surface area contributed by atoms with Gasteiger partial charge < -0.3 is 24.8 Å². The molecule has 1 saturated carbocycles. The molecular formula is C29H31N5O4. The van der Waals surface area contributed by atoms with Crippen LogP contribution in [0.2, 0.25) is 0 Å². The van der Waals surface area contributed by atoms with Gasteiger partial charge in [-0.2, -0.15) is 5.26 Å². The van der Waals surface area contributed by atoms with Gasteiger partial charge in [0.1, 0.15) is 23.5 Å². The first-order chi connectivity index (χ1) is 18.4. The Hall–Kier alpha value is -4.06. The van der Waals surface area contributed by atoms with Crippen LogP contribution in [0.1, 0.15) is 49.0 Å². The molecule has 196 valence electrons. The number of amides is 3. The van der Waals surface area contributed by atoms with Crippen LogP contribution < -0.4 is 10.1 Å². The standard InChI is InChI=1S/C29H31N5O4/c1-33(26(35)23-13-19-21(31-23)8-5-9-25(19)38-2)24(12-17-10-11-17)27(36)34-16-29(14-18(34)15-30)20-6-3-4-7-22(20)32-28(29)37/h4-5,7-9,13,17-18,24,31H,3,6,10-12,14,16H2,1-2H3,(H,32,37)/t18-,24-,29-/m0/s1. The van der Waals surface area contributed by atoms with Gasteiger partial charge in [-0.15, -0.1) is 0 Å². The highest BCUT2D eigenvalue weighted by molar-refractivity contribution is 6.02. The monoisotopic (exact) mass is 513 g/mol. The van der Waals surface area contributed by atoms with E-state index in [0.717, 1.165) is 47.9 Å². The molecule has 2 aliphatic carbocycles. The van der Waals surface area contributed by atoms with Crippen LogP contribution in [-0.2, 0) is 9.59 Å². The van der Waals surface area contributed by atoms with E-state index in [9.17, 15) is 19.6 Å². The summed E-state index contributed by atoms with van der Waals surface area (Å²) in [6.07, 6.45) is 8.38. The van der Waals surface area contributed by atoms with E-state index in [2.05, 4.69) is 16.4 Å². The summed E-state index contributed by atoms with van der Waals surface area (Å²) in [5, 5.41) is 13.8. The molecule has 9 nitrogen and oxygen atoms in total. The molecule has 6 rings (SSSR count). The average Bonchev–Trinajstić information content (AvgIpc) is 3.40. The molecule has 2 aromatic rings. The zero-order chi connectivity index (χ0) is 26.6. The Morgan fingerprint density at radius 1 is 1.34 bits per heavy atom. The Bertz CT molecular complexity index is 1440. The second kappa shape index (κ2) is 9.05. The van der Waals surface area contributed by atoms with E-state index in [4.69, 9.17) is 4.74 Å². The van der Waals surface area contributed by atoms with Crippen LogP contribution in [-0.4, -0.2) is 65.3 Å². The number of nitriles is 1. The Labute approximate surface area is 221 Å². The van der Waals surface area contributed by atoms with Crippen LogP contribution in [0.5, 0.6) is 5.75 Å². The van der Waals surface area contributed by atoms with E-state index in [1.165, 1.54) is 4.90 Å². The Balaban J connectivity index is 1.30. The molecule has 1 aromatic carbocycles. The van der Waals surface area contributed by atoms with Crippen molar-refractivity contribution in [2.24, 2.45) is 11.3 Å². The molecule has 0 radical (unpaired) electrons. The third-order valence-electron chi connectivity index (χ3n) is 8.62. The van der Waals surface area contributed by atoms with Gasteiger partial charge in [0.25, 0.3) is 5.91 Å². The third kappa shape index (κ3) is 3.78. The fourth-order valence-corrected chi connectivity index (χ4v) is 6.33. The van der Waals surface area contributed by atoms with Crippen molar-refractivity contribution >= 4 is 28.6 Å². The number of hydrogen-bond donors (Lipinski definition) is 2. The van der Waals surface area contributed by atoms with Crippen molar-refractivity contribution in [2.45, 2.75) is 50.6 Å². The number of allylic oxidation sites excluding steroid dienone is 2. The molecule has 0 bridgehead atoms. The highest BCUT2D eigenvalue weighted by Crippen LogP contribution is 2.49. The largest absolute Gasteiger partial charge is 0.496 e. The zero-order valence-corrected chi connectivity index (χ0v) is 21.6. The summed E-state index contributed by atoms with van der Waals surface area (Å²) in [5.41, 5.74) is 2.07. The van der Waals surface area contributed by atoms with Crippen LogP contribution in [0.25, 0.3) is 10.9 Å². The quantitative estimate of drug-likeness (QED) is 0.615. The number of hydrogen-bond acceptors (Lipinski definition) is 5. The second-order valence-corrected chi connectivity index (χ2v) is 10.9. The topological polar surface area (TPSA) is 119 Å². The lowest BCUT2D eigenvalue weighted by molar-refractivity contribution is -0.136. The number of likely N-dealkylation sites (N-methyl/N-ethyl adjacent to an activating group) is 1. The number of benzene rings is 1. The number of rotatable bonds is 6. The summed E-state index contributed by atoms with van der Waals surface area (Å²) in [6, 6.07) is 8.13. The van der Waals surface area contributed by atoms with E-state index < -0.39 is 17.5 Å². The molecule has 2 fully saturated rings. The van der Waals surface area contributed by atoms with E-state index in [1.807, 2.05) is 30.4 Å². The minimum atomic E-state index is -0.878. The van der Waals surface area contributed by atoms with Crippen molar-refractivity contribution in [1.29, 1.82) is 5.26 Å².